The Balaban J connectivity index is 1.97. The predicted octanol–water partition coefficient (Wildman–Crippen LogP) is 3.26. The minimum atomic E-state index is -2.64. The van der Waals surface area contributed by atoms with E-state index in [2.05, 4.69) is 5.32 Å². The van der Waals surface area contributed by atoms with Gasteiger partial charge in [0.25, 0.3) is 0 Å². The van der Waals surface area contributed by atoms with E-state index in [9.17, 15) is 18.4 Å². The first kappa shape index (κ1) is 15.6. The fraction of sp³-hybridized carbons (Fsp3) is 0.500. The number of rotatable bonds is 5. The molecule has 1 N–H and O–H groups in total. The zero-order valence-corrected chi connectivity index (χ0v) is 11.7. The quantitative estimate of drug-likeness (QED) is 0.848. The molecule has 21 heavy (non-hydrogen) atoms. The molecule has 1 aromatic carbocycles. The van der Waals surface area contributed by atoms with Crippen molar-refractivity contribution in [3.8, 4) is 0 Å². The third kappa shape index (κ3) is 4.34. The van der Waals surface area contributed by atoms with E-state index in [1.54, 1.807) is 0 Å². The number of carbonyl (C=O) groups excluding carboxylic acids is 2. The molecule has 0 aromatic heterocycles. The van der Waals surface area contributed by atoms with Crippen molar-refractivity contribution in [3.63, 3.8) is 0 Å². The van der Waals surface area contributed by atoms with E-state index in [1.165, 1.54) is 0 Å². The monoisotopic (exact) mass is 295 g/mol. The molecule has 5 heteroatoms. The summed E-state index contributed by atoms with van der Waals surface area (Å²) in [4.78, 5) is 23.0. The number of alkyl halides is 2. The minimum absolute atomic E-state index is 0.179. The summed E-state index contributed by atoms with van der Waals surface area (Å²) in [5.74, 6) is -3.26. The van der Waals surface area contributed by atoms with Crippen LogP contribution in [0.3, 0.4) is 0 Å². The van der Waals surface area contributed by atoms with Crippen LogP contribution in [0, 0.1) is 5.92 Å². The average Bonchev–Trinajstić information content (AvgIpc) is 2.47. The Morgan fingerprint density at radius 1 is 1.29 bits per heavy atom. The second kappa shape index (κ2) is 6.78. The lowest BCUT2D eigenvalue weighted by molar-refractivity contribution is -0.130. The number of hydrogen-bond donors (Lipinski definition) is 1. The molecular weight excluding hydrogens is 276 g/mol. The second-order valence-electron chi connectivity index (χ2n) is 5.50. The second-order valence-corrected chi connectivity index (χ2v) is 5.50. The molecule has 1 aromatic rings. The van der Waals surface area contributed by atoms with Gasteiger partial charge < -0.3 is 10.1 Å². The van der Waals surface area contributed by atoms with Crippen molar-refractivity contribution in [1.29, 1.82) is 0 Å². The van der Waals surface area contributed by atoms with Crippen LogP contribution in [0.15, 0.2) is 30.3 Å². The molecule has 2 rings (SSSR count). The molecule has 1 fully saturated rings. The first-order valence-electron chi connectivity index (χ1n) is 7.18. The van der Waals surface area contributed by atoms with Gasteiger partial charge in [0.1, 0.15) is 6.29 Å². The van der Waals surface area contributed by atoms with Crippen molar-refractivity contribution in [2.45, 2.75) is 44.1 Å². The summed E-state index contributed by atoms with van der Waals surface area (Å²) >= 11 is 0. The lowest BCUT2D eigenvalue weighted by atomic mass is 9.86. The Morgan fingerprint density at radius 3 is 2.48 bits per heavy atom. The zero-order valence-electron chi connectivity index (χ0n) is 11.7. The van der Waals surface area contributed by atoms with E-state index >= 15 is 0 Å². The Bertz CT molecular complexity index is 480. The third-order valence-electron chi connectivity index (χ3n) is 3.94. The van der Waals surface area contributed by atoms with Gasteiger partial charge in [-0.1, -0.05) is 30.3 Å². The number of halogens is 2. The Hall–Kier alpha value is -1.78. The van der Waals surface area contributed by atoms with Crippen molar-refractivity contribution in [2.24, 2.45) is 5.92 Å². The van der Waals surface area contributed by atoms with Crippen molar-refractivity contribution in [1.82, 2.24) is 5.32 Å². The van der Waals surface area contributed by atoms with Crippen molar-refractivity contribution in [2.75, 3.05) is 0 Å². The van der Waals surface area contributed by atoms with Gasteiger partial charge in [0, 0.05) is 25.2 Å². The van der Waals surface area contributed by atoms with E-state index in [-0.39, 0.29) is 43.9 Å². The van der Waals surface area contributed by atoms with Crippen molar-refractivity contribution in [3.05, 3.63) is 35.9 Å². The molecule has 1 aliphatic rings. The number of nitrogens with one attached hydrogen (secondary N) is 1. The molecule has 1 amide bonds. The van der Waals surface area contributed by atoms with Crippen molar-refractivity contribution < 1.29 is 18.4 Å². The van der Waals surface area contributed by atoms with E-state index in [4.69, 9.17) is 0 Å². The number of carbonyl (C=O) groups is 2. The molecule has 1 saturated carbocycles. The third-order valence-corrected chi connectivity index (χ3v) is 3.94. The molecule has 0 spiro atoms. The SMILES string of the molecule is O=CCC(NC(=O)C1CCC(F)(F)CC1)c1ccccc1. The van der Waals surface area contributed by atoms with E-state index < -0.39 is 12.0 Å². The van der Waals surface area contributed by atoms with Gasteiger partial charge >= 0.3 is 0 Å². The highest BCUT2D eigenvalue weighted by atomic mass is 19.3. The van der Waals surface area contributed by atoms with Crippen molar-refractivity contribution >= 4 is 12.2 Å². The van der Waals surface area contributed by atoms with Gasteiger partial charge in [-0.3, -0.25) is 4.79 Å². The highest BCUT2D eigenvalue weighted by molar-refractivity contribution is 5.79. The lowest BCUT2D eigenvalue weighted by Crippen LogP contribution is -2.38. The Morgan fingerprint density at radius 2 is 1.90 bits per heavy atom. The largest absolute Gasteiger partial charge is 0.349 e. The Labute approximate surface area is 122 Å². The van der Waals surface area contributed by atoms with Crippen LogP contribution >= 0.6 is 0 Å². The summed E-state index contributed by atoms with van der Waals surface area (Å²) in [6, 6.07) is 8.80. The van der Waals surface area contributed by atoms with Gasteiger partial charge in [0.2, 0.25) is 11.8 Å². The molecule has 1 unspecified atom stereocenters. The van der Waals surface area contributed by atoms with Crippen LogP contribution in [-0.4, -0.2) is 18.1 Å². The average molecular weight is 295 g/mol. The molecule has 0 heterocycles. The van der Waals surface area contributed by atoms with E-state index in [0.717, 1.165) is 11.8 Å². The molecule has 1 aliphatic carbocycles. The molecule has 0 saturated heterocycles. The van der Waals surface area contributed by atoms with Crippen LogP contribution in [0.4, 0.5) is 8.78 Å². The van der Waals surface area contributed by atoms with Crippen LogP contribution < -0.4 is 5.32 Å². The number of benzene rings is 1. The molecule has 0 radical (unpaired) electrons. The normalized spacial score (nSPS) is 19.7. The highest BCUT2D eigenvalue weighted by Crippen LogP contribution is 2.36. The standard InChI is InChI=1S/C16H19F2NO2/c17-16(18)9-6-13(7-10-16)15(21)19-14(8-11-20)12-4-2-1-3-5-12/h1-5,11,13-14H,6-10H2,(H,19,21). The van der Waals surface area contributed by atoms with Gasteiger partial charge in [0.15, 0.2) is 0 Å². The molecule has 0 aliphatic heterocycles. The summed E-state index contributed by atoms with van der Waals surface area (Å²) < 4.78 is 26.2. The van der Waals surface area contributed by atoms with Gasteiger partial charge in [-0.05, 0) is 18.4 Å². The molecule has 114 valence electrons. The van der Waals surface area contributed by atoms with Crippen LogP contribution in [0.25, 0.3) is 0 Å². The molecule has 0 bridgehead atoms. The first-order chi connectivity index (χ1) is 10.0. The van der Waals surface area contributed by atoms with Gasteiger partial charge in [-0.2, -0.15) is 0 Å². The van der Waals surface area contributed by atoms with Crippen LogP contribution in [0.5, 0.6) is 0 Å². The number of amides is 1. The van der Waals surface area contributed by atoms with Crippen LogP contribution in [0.1, 0.15) is 43.7 Å². The topological polar surface area (TPSA) is 46.2 Å². The fourth-order valence-corrected chi connectivity index (χ4v) is 2.65. The smallest absolute Gasteiger partial charge is 0.248 e. The number of hydrogen-bond acceptors (Lipinski definition) is 2. The van der Waals surface area contributed by atoms with Gasteiger partial charge in [-0.15, -0.1) is 0 Å². The molecule has 3 nitrogen and oxygen atoms in total. The number of aldehydes is 1. The maximum Gasteiger partial charge on any atom is 0.248 e. The summed E-state index contributed by atoms with van der Waals surface area (Å²) in [5, 5.41) is 2.82. The molecule has 1 atom stereocenters. The first-order valence-corrected chi connectivity index (χ1v) is 7.18. The van der Waals surface area contributed by atoms with Gasteiger partial charge in [0.05, 0.1) is 6.04 Å². The van der Waals surface area contributed by atoms with E-state index in [1.807, 2.05) is 30.3 Å². The summed E-state index contributed by atoms with van der Waals surface area (Å²) in [6.07, 6.45) is 0.845. The fourth-order valence-electron chi connectivity index (χ4n) is 2.65. The maximum absolute atomic E-state index is 13.1. The van der Waals surface area contributed by atoms with Crippen LogP contribution in [0.2, 0.25) is 0 Å². The lowest BCUT2D eigenvalue weighted by Gasteiger charge is -2.28. The Kier molecular flexibility index (Phi) is 5.04. The zero-order chi connectivity index (χ0) is 15.3. The minimum Gasteiger partial charge on any atom is -0.349 e. The highest BCUT2D eigenvalue weighted by Gasteiger charge is 2.37. The van der Waals surface area contributed by atoms with E-state index in [0.29, 0.717) is 0 Å². The maximum atomic E-state index is 13.1. The molecular formula is C16H19F2NO2. The van der Waals surface area contributed by atoms with Gasteiger partial charge in [-0.25, -0.2) is 8.78 Å². The summed E-state index contributed by atoms with van der Waals surface area (Å²) in [7, 11) is 0. The van der Waals surface area contributed by atoms with Crippen LogP contribution in [-0.2, 0) is 9.59 Å². The summed E-state index contributed by atoms with van der Waals surface area (Å²) in [5.41, 5.74) is 0.846. The summed E-state index contributed by atoms with van der Waals surface area (Å²) in [6.45, 7) is 0. The predicted molar refractivity (Wildman–Crippen MR) is 74.9 cm³/mol.